The molecule has 2 N–H and O–H groups in total. The molecular formula is C10H11Br2N3OS. The van der Waals surface area contributed by atoms with Crippen LogP contribution < -0.4 is 5.73 Å². The standard InChI is InChI=1S/C10H11Br2N3OS/c1-3-10(2,13)9-14-8(16-15-9)6-4-5(11)7(12)17-6/h4H,3,13H2,1-2H3. The number of thiophene rings is 1. The Labute approximate surface area is 120 Å². The molecule has 7 heteroatoms. The van der Waals surface area contributed by atoms with Crippen LogP contribution in [0.1, 0.15) is 26.1 Å². The Kier molecular flexibility index (Phi) is 3.72. The van der Waals surface area contributed by atoms with E-state index in [-0.39, 0.29) is 0 Å². The molecule has 2 aromatic heterocycles. The zero-order chi connectivity index (χ0) is 12.6. The Morgan fingerprint density at radius 1 is 1.53 bits per heavy atom. The van der Waals surface area contributed by atoms with E-state index in [0.717, 1.165) is 19.6 Å². The average molecular weight is 381 g/mol. The van der Waals surface area contributed by atoms with Crippen molar-refractivity contribution < 1.29 is 4.52 Å². The maximum atomic E-state index is 6.06. The highest BCUT2D eigenvalue weighted by atomic mass is 79.9. The van der Waals surface area contributed by atoms with Gasteiger partial charge in [0.25, 0.3) is 5.89 Å². The van der Waals surface area contributed by atoms with Gasteiger partial charge in [0.15, 0.2) is 5.82 Å². The van der Waals surface area contributed by atoms with Crippen molar-refractivity contribution in [1.82, 2.24) is 10.1 Å². The van der Waals surface area contributed by atoms with E-state index in [1.807, 2.05) is 19.9 Å². The molecule has 1 atom stereocenters. The third-order valence-electron chi connectivity index (χ3n) is 2.53. The van der Waals surface area contributed by atoms with Gasteiger partial charge < -0.3 is 10.3 Å². The van der Waals surface area contributed by atoms with E-state index in [4.69, 9.17) is 10.3 Å². The monoisotopic (exact) mass is 379 g/mol. The minimum atomic E-state index is -0.548. The lowest BCUT2D eigenvalue weighted by Gasteiger charge is -2.16. The molecular weight excluding hydrogens is 370 g/mol. The smallest absolute Gasteiger partial charge is 0.268 e. The Morgan fingerprint density at radius 2 is 2.24 bits per heavy atom. The van der Waals surface area contributed by atoms with E-state index in [2.05, 4.69) is 42.0 Å². The molecule has 0 radical (unpaired) electrons. The molecule has 0 spiro atoms. The summed E-state index contributed by atoms with van der Waals surface area (Å²) in [5.74, 6) is 1.04. The van der Waals surface area contributed by atoms with E-state index >= 15 is 0 Å². The first-order valence-corrected chi connectivity index (χ1v) is 7.42. The molecule has 0 saturated heterocycles. The van der Waals surface area contributed by atoms with Crippen molar-refractivity contribution in [2.24, 2.45) is 5.73 Å². The normalized spacial score (nSPS) is 14.9. The van der Waals surface area contributed by atoms with Crippen molar-refractivity contribution >= 4 is 43.2 Å². The van der Waals surface area contributed by atoms with E-state index in [9.17, 15) is 0 Å². The Balaban J connectivity index is 2.36. The van der Waals surface area contributed by atoms with Gasteiger partial charge in [0.05, 0.1) is 14.2 Å². The van der Waals surface area contributed by atoms with Crippen LogP contribution in [0.4, 0.5) is 0 Å². The summed E-state index contributed by atoms with van der Waals surface area (Å²) in [4.78, 5) is 5.25. The molecule has 0 bridgehead atoms. The molecule has 17 heavy (non-hydrogen) atoms. The topological polar surface area (TPSA) is 64.9 Å². The first kappa shape index (κ1) is 13.2. The Morgan fingerprint density at radius 3 is 2.76 bits per heavy atom. The van der Waals surface area contributed by atoms with Crippen LogP contribution in [0.15, 0.2) is 18.8 Å². The van der Waals surface area contributed by atoms with E-state index < -0.39 is 5.54 Å². The summed E-state index contributed by atoms with van der Waals surface area (Å²) in [5, 5.41) is 3.94. The highest BCUT2D eigenvalue weighted by Crippen LogP contribution is 2.37. The number of hydrogen-bond donors (Lipinski definition) is 1. The van der Waals surface area contributed by atoms with Gasteiger partial charge in [-0.3, -0.25) is 0 Å². The van der Waals surface area contributed by atoms with Crippen molar-refractivity contribution in [3.63, 3.8) is 0 Å². The van der Waals surface area contributed by atoms with Crippen LogP contribution in [0.5, 0.6) is 0 Å². The van der Waals surface area contributed by atoms with Gasteiger partial charge in [-0.15, -0.1) is 11.3 Å². The second kappa shape index (κ2) is 4.79. The van der Waals surface area contributed by atoms with E-state index in [0.29, 0.717) is 11.7 Å². The molecule has 0 saturated carbocycles. The Bertz CT molecular complexity index is 516. The van der Waals surface area contributed by atoms with Crippen LogP contribution in [0.3, 0.4) is 0 Å². The van der Waals surface area contributed by atoms with Crippen LogP contribution in [0, 0.1) is 0 Å². The second-order valence-electron chi connectivity index (χ2n) is 3.93. The summed E-state index contributed by atoms with van der Waals surface area (Å²) >= 11 is 8.38. The molecule has 0 amide bonds. The maximum Gasteiger partial charge on any atom is 0.268 e. The first-order valence-electron chi connectivity index (χ1n) is 5.02. The van der Waals surface area contributed by atoms with Crippen molar-refractivity contribution in [2.45, 2.75) is 25.8 Å². The third-order valence-corrected chi connectivity index (χ3v) is 5.77. The Hall–Kier alpha value is -0.240. The van der Waals surface area contributed by atoms with Gasteiger partial charge in [-0.1, -0.05) is 12.1 Å². The number of halogens is 2. The van der Waals surface area contributed by atoms with Crippen molar-refractivity contribution in [2.75, 3.05) is 0 Å². The van der Waals surface area contributed by atoms with Gasteiger partial charge in [-0.05, 0) is 51.3 Å². The minimum absolute atomic E-state index is 0.501. The lowest BCUT2D eigenvalue weighted by molar-refractivity contribution is 0.379. The zero-order valence-corrected chi connectivity index (χ0v) is 13.3. The molecule has 0 aliphatic carbocycles. The molecule has 2 heterocycles. The summed E-state index contributed by atoms with van der Waals surface area (Å²) in [6.07, 6.45) is 0.754. The maximum absolute atomic E-state index is 6.06. The molecule has 0 aromatic carbocycles. The summed E-state index contributed by atoms with van der Waals surface area (Å²) < 4.78 is 7.21. The summed E-state index contributed by atoms with van der Waals surface area (Å²) in [5.41, 5.74) is 5.52. The molecule has 2 rings (SSSR count). The van der Waals surface area contributed by atoms with Gasteiger partial charge in [-0.2, -0.15) is 4.98 Å². The number of hydrogen-bond acceptors (Lipinski definition) is 5. The van der Waals surface area contributed by atoms with Crippen LogP contribution in [0.25, 0.3) is 10.8 Å². The van der Waals surface area contributed by atoms with Crippen LogP contribution in [0.2, 0.25) is 0 Å². The summed E-state index contributed by atoms with van der Waals surface area (Å²) in [6, 6.07) is 1.94. The SMILES string of the molecule is CCC(C)(N)c1noc(-c2cc(Br)c(Br)s2)n1. The summed E-state index contributed by atoms with van der Waals surface area (Å²) in [6.45, 7) is 3.89. The average Bonchev–Trinajstić information content (AvgIpc) is 2.87. The fourth-order valence-electron chi connectivity index (χ4n) is 1.17. The molecule has 0 aliphatic rings. The van der Waals surface area contributed by atoms with Gasteiger partial charge in [0.2, 0.25) is 0 Å². The first-order chi connectivity index (χ1) is 7.94. The number of aromatic nitrogens is 2. The van der Waals surface area contributed by atoms with Crippen molar-refractivity contribution in [1.29, 1.82) is 0 Å². The van der Waals surface area contributed by atoms with Crippen LogP contribution >= 0.6 is 43.2 Å². The largest absolute Gasteiger partial charge is 0.333 e. The highest BCUT2D eigenvalue weighted by Gasteiger charge is 2.26. The molecule has 92 valence electrons. The van der Waals surface area contributed by atoms with E-state index in [1.54, 1.807) is 0 Å². The lowest BCUT2D eigenvalue weighted by atomic mass is 10.0. The third kappa shape index (κ3) is 2.62. The van der Waals surface area contributed by atoms with Crippen molar-refractivity contribution in [3.8, 4) is 10.8 Å². The van der Waals surface area contributed by atoms with Gasteiger partial charge in [-0.25, -0.2) is 0 Å². The molecule has 4 nitrogen and oxygen atoms in total. The summed E-state index contributed by atoms with van der Waals surface area (Å²) in [7, 11) is 0. The fraction of sp³-hybridized carbons (Fsp3) is 0.400. The van der Waals surface area contributed by atoms with Gasteiger partial charge in [0.1, 0.15) is 0 Å². The number of nitrogens with two attached hydrogens (primary N) is 1. The highest BCUT2D eigenvalue weighted by molar-refractivity contribution is 9.13. The van der Waals surface area contributed by atoms with Crippen LogP contribution in [-0.2, 0) is 5.54 Å². The number of rotatable bonds is 3. The second-order valence-corrected chi connectivity index (χ2v) is 7.15. The predicted octanol–water partition coefficient (Wildman–Crippen LogP) is 3.91. The molecule has 2 aromatic rings. The van der Waals surface area contributed by atoms with E-state index in [1.165, 1.54) is 11.3 Å². The molecule has 1 unspecified atom stereocenters. The number of nitrogens with zero attached hydrogens (tertiary/aromatic N) is 2. The van der Waals surface area contributed by atoms with Gasteiger partial charge >= 0.3 is 0 Å². The van der Waals surface area contributed by atoms with Gasteiger partial charge in [0, 0.05) is 4.47 Å². The fourth-order valence-corrected chi connectivity index (χ4v) is 3.12. The minimum Gasteiger partial charge on any atom is -0.333 e. The lowest BCUT2D eigenvalue weighted by Crippen LogP contribution is -2.33. The predicted molar refractivity (Wildman–Crippen MR) is 74.8 cm³/mol. The van der Waals surface area contributed by atoms with Crippen molar-refractivity contribution in [3.05, 3.63) is 20.1 Å². The molecule has 0 fully saturated rings. The zero-order valence-electron chi connectivity index (χ0n) is 9.33. The quantitative estimate of drug-likeness (QED) is 0.876. The van der Waals surface area contributed by atoms with Crippen LogP contribution in [-0.4, -0.2) is 10.1 Å². The molecule has 0 aliphatic heterocycles.